The van der Waals surface area contributed by atoms with E-state index in [4.69, 9.17) is 5.73 Å². The number of hydrogen-bond acceptors (Lipinski definition) is 4. The van der Waals surface area contributed by atoms with Crippen LogP contribution < -0.4 is 11.1 Å². The van der Waals surface area contributed by atoms with Crippen LogP contribution in [0.4, 0.5) is 16.3 Å². The summed E-state index contributed by atoms with van der Waals surface area (Å²) in [5.74, 6) is 0.377. The third-order valence-corrected chi connectivity index (χ3v) is 1.20. The lowest BCUT2D eigenvalue weighted by Gasteiger charge is -2.01. The third kappa shape index (κ3) is 2.12. The molecule has 1 rings (SSSR count). The van der Waals surface area contributed by atoms with Crippen LogP contribution in [0.2, 0.25) is 0 Å². The molecule has 0 fully saturated rings. The van der Waals surface area contributed by atoms with Crippen LogP contribution in [0.15, 0.2) is 18.3 Å². The molecule has 0 atom stereocenters. The first kappa shape index (κ1) is 8.32. The Kier molecular flexibility index (Phi) is 2.47. The van der Waals surface area contributed by atoms with E-state index in [1.54, 1.807) is 6.07 Å². The van der Waals surface area contributed by atoms with E-state index in [2.05, 4.69) is 15.0 Å². The van der Waals surface area contributed by atoms with Crippen LogP contribution >= 0.6 is 0 Å². The largest absolute Gasteiger partial charge is 0.453 e. The molecular formula is C7H9N3O2. The maximum atomic E-state index is 10.7. The van der Waals surface area contributed by atoms with Crippen molar-refractivity contribution in [1.29, 1.82) is 0 Å². The van der Waals surface area contributed by atoms with Crippen LogP contribution in [0.5, 0.6) is 0 Å². The zero-order chi connectivity index (χ0) is 8.97. The van der Waals surface area contributed by atoms with E-state index in [1.165, 1.54) is 19.4 Å². The molecule has 3 N–H and O–H groups in total. The average Bonchev–Trinajstić information content (AvgIpc) is 2.04. The number of aromatic nitrogens is 1. The Morgan fingerprint density at radius 1 is 1.75 bits per heavy atom. The lowest BCUT2D eigenvalue weighted by Crippen LogP contribution is -2.12. The maximum absolute atomic E-state index is 10.7. The average molecular weight is 167 g/mol. The zero-order valence-corrected chi connectivity index (χ0v) is 6.57. The Morgan fingerprint density at radius 3 is 3.08 bits per heavy atom. The molecule has 0 aromatic carbocycles. The summed E-state index contributed by atoms with van der Waals surface area (Å²) < 4.78 is 4.36. The Labute approximate surface area is 69.5 Å². The number of carbonyl (C=O) groups excluding carboxylic acids is 1. The molecule has 0 unspecified atom stereocenters. The summed E-state index contributed by atoms with van der Waals surface area (Å²) in [6.45, 7) is 0. The molecule has 1 aromatic heterocycles. The Balaban J connectivity index is 2.69. The summed E-state index contributed by atoms with van der Waals surface area (Å²) in [6, 6.07) is 3.17. The normalized spacial score (nSPS) is 9.08. The smallest absolute Gasteiger partial charge is 0.412 e. The number of anilines is 2. The molecule has 1 amide bonds. The lowest BCUT2D eigenvalue weighted by atomic mass is 10.4. The van der Waals surface area contributed by atoms with Crippen LogP contribution in [-0.2, 0) is 4.74 Å². The highest BCUT2D eigenvalue weighted by molar-refractivity contribution is 5.83. The minimum atomic E-state index is -0.562. The van der Waals surface area contributed by atoms with Crippen molar-refractivity contribution in [2.45, 2.75) is 0 Å². The number of ether oxygens (including phenoxy) is 1. The molecule has 0 aliphatic heterocycles. The van der Waals surface area contributed by atoms with Crippen molar-refractivity contribution >= 4 is 17.6 Å². The molecule has 64 valence electrons. The fourth-order valence-corrected chi connectivity index (χ4v) is 0.671. The third-order valence-electron chi connectivity index (χ3n) is 1.20. The number of nitrogens with one attached hydrogen (secondary N) is 1. The molecule has 0 spiro atoms. The maximum Gasteiger partial charge on any atom is 0.412 e. The van der Waals surface area contributed by atoms with Gasteiger partial charge in [-0.3, -0.25) is 5.32 Å². The van der Waals surface area contributed by atoms with Gasteiger partial charge in [-0.15, -0.1) is 0 Å². The summed E-state index contributed by atoms with van der Waals surface area (Å²) in [4.78, 5) is 14.5. The number of nitrogen functional groups attached to an aromatic ring is 1. The molecule has 0 bridgehead atoms. The Morgan fingerprint density at radius 2 is 2.50 bits per heavy atom. The second kappa shape index (κ2) is 3.56. The van der Waals surface area contributed by atoms with E-state index in [1.807, 2.05) is 0 Å². The summed E-state index contributed by atoms with van der Waals surface area (Å²) >= 11 is 0. The number of methoxy groups -OCH3 is 1. The van der Waals surface area contributed by atoms with Gasteiger partial charge in [0.15, 0.2) is 0 Å². The SMILES string of the molecule is COC(=O)Nc1cc(N)ccn1. The second-order valence-electron chi connectivity index (χ2n) is 2.09. The monoisotopic (exact) mass is 167 g/mol. The molecule has 0 radical (unpaired) electrons. The molecule has 0 saturated heterocycles. The molecule has 1 aromatic rings. The topological polar surface area (TPSA) is 77.2 Å². The van der Waals surface area contributed by atoms with E-state index in [-0.39, 0.29) is 0 Å². The van der Waals surface area contributed by atoms with Gasteiger partial charge in [0.2, 0.25) is 0 Å². The van der Waals surface area contributed by atoms with E-state index >= 15 is 0 Å². The van der Waals surface area contributed by atoms with Gasteiger partial charge in [-0.1, -0.05) is 0 Å². The summed E-state index contributed by atoms with van der Waals surface area (Å²) in [5, 5.41) is 2.38. The fourth-order valence-electron chi connectivity index (χ4n) is 0.671. The van der Waals surface area contributed by atoms with Crippen molar-refractivity contribution < 1.29 is 9.53 Å². The minimum absolute atomic E-state index is 0.377. The molecule has 5 heteroatoms. The zero-order valence-electron chi connectivity index (χ0n) is 6.57. The van der Waals surface area contributed by atoms with Crippen LogP contribution in [0, 0.1) is 0 Å². The Hall–Kier alpha value is -1.78. The highest BCUT2D eigenvalue weighted by Gasteiger charge is 2.00. The van der Waals surface area contributed by atoms with E-state index in [0.717, 1.165) is 0 Å². The number of nitrogens with two attached hydrogens (primary N) is 1. The van der Waals surface area contributed by atoms with Gasteiger partial charge in [0, 0.05) is 18.0 Å². The number of hydrogen-bond donors (Lipinski definition) is 2. The number of amides is 1. The van der Waals surface area contributed by atoms with Crippen molar-refractivity contribution in [3.63, 3.8) is 0 Å². The summed E-state index contributed by atoms with van der Waals surface area (Å²) in [7, 11) is 1.28. The highest BCUT2D eigenvalue weighted by atomic mass is 16.5. The van der Waals surface area contributed by atoms with E-state index in [9.17, 15) is 4.79 Å². The Bertz CT molecular complexity index is 288. The van der Waals surface area contributed by atoms with Crippen LogP contribution in [0.1, 0.15) is 0 Å². The standard InChI is InChI=1S/C7H9N3O2/c1-12-7(11)10-6-4-5(8)2-3-9-6/h2-4H,1H3,(H3,8,9,10,11). The molecule has 0 aliphatic carbocycles. The number of carbonyl (C=O) groups is 1. The fraction of sp³-hybridized carbons (Fsp3) is 0.143. The van der Waals surface area contributed by atoms with Gasteiger partial charge in [0.25, 0.3) is 0 Å². The molecular weight excluding hydrogens is 158 g/mol. The van der Waals surface area contributed by atoms with E-state index < -0.39 is 6.09 Å². The van der Waals surface area contributed by atoms with Crippen molar-refractivity contribution in [2.24, 2.45) is 0 Å². The van der Waals surface area contributed by atoms with Gasteiger partial charge in [-0.05, 0) is 6.07 Å². The first-order valence-electron chi connectivity index (χ1n) is 3.29. The van der Waals surface area contributed by atoms with Gasteiger partial charge in [0.05, 0.1) is 7.11 Å². The molecule has 12 heavy (non-hydrogen) atoms. The first-order chi connectivity index (χ1) is 5.72. The number of pyridine rings is 1. The molecule has 0 aliphatic rings. The van der Waals surface area contributed by atoms with Gasteiger partial charge < -0.3 is 10.5 Å². The summed E-state index contributed by atoms with van der Waals surface area (Å²) in [5.41, 5.74) is 5.98. The van der Waals surface area contributed by atoms with Gasteiger partial charge in [-0.2, -0.15) is 0 Å². The van der Waals surface area contributed by atoms with Gasteiger partial charge in [0.1, 0.15) is 5.82 Å². The van der Waals surface area contributed by atoms with Crippen molar-refractivity contribution in [3.8, 4) is 0 Å². The minimum Gasteiger partial charge on any atom is -0.453 e. The second-order valence-corrected chi connectivity index (χ2v) is 2.09. The van der Waals surface area contributed by atoms with Crippen molar-refractivity contribution in [1.82, 2.24) is 4.98 Å². The van der Waals surface area contributed by atoms with Gasteiger partial charge in [-0.25, -0.2) is 9.78 Å². The predicted molar refractivity (Wildman–Crippen MR) is 44.7 cm³/mol. The molecule has 5 nitrogen and oxygen atoms in total. The lowest BCUT2D eigenvalue weighted by molar-refractivity contribution is 0.187. The molecule has 0 saturated carbocycles. The summed E-state index contributed by atoms with van der Waals surface area (Å²) in [6.07, 6.45) is 0.939. The van der Waals surface area contributed by atoms with Crippen LogP contribution in [-0.4, -0.2) is 18.2 Å². The molecule has 1 heterocycles. The van der Waals surface area contributed by atoms with Crippen molar-refractivity contribution in [3.05, 3.63) is 18.3 Å². The quantitative estimate of drug-likeness (QED) is 0.649. The van der Waals surface area contributed by atoms with Crippen molar-refractivity contribution in [2.75, 3.05) is 18.2 Å². The number of nitrogens with zero attached hydrogens (tertiary/aromatic N) is 1. The number of rotatable bonds is 1. The van der Waals surface area contributed by atoms with E-state index in [0.29, 0.717) is 11.5 Å². The van der Waals surface area contributed by atoms with Crippen LogP contribution in [0.25, 0.3) is 0 Å². The highest BCUT2D eigenvalue weighted by Crippen LogP contribution is 2.07. The van der Waals surface area contributed by atoms with Gasteiger partial charge >= 0.3 is 6.09 Å². The first-order valence-corrected chi connectivity index (χ1v) is 3.29. The van der Waals surface area contributed by atoms with Crippen LogP contribution in [0.3, 0.4) is 0 Å². The predicted octanol–water partition coefficient (Wildman–Crippen LogP) is 0.842.